The van der Waals surface area contributed by atoms with Gasteiger partial charge in [0.25, 0.3) is 11.8 Å². The molecule has 12 heteroatoms. The molecule has 5 atom stereocenters. The van der Waals surface area contributed by atoms with Crippen molar-refractivity contribution in [3.8, 4) is 11.5 Å². The summed E-state index contributed by atoms with van der Waals surface area (Å²) >= 11 is 0. The van der Waals surface area contributed by atoms with E-state index in [4.69, 9.17) is 9.47 Å². The van der Waals surface area contributed by atoms with E-state index in [1.54, 1.807) is 14.2 Å². The molecule has 12 aromatic rings. The number of nitrogens with zero attached hydrogens (tertiary/aromatic N) is 6. The lowest BCUT2D eigenvalue weighted by Crippen LogP contribution is -2.23. The van der Waals surface area contributed by atoms with Crippen LogP contribution in [0.4, 0.5) is 0 Å². The average Bonchev–Trinajstić information content (AvgIpc) is 4.02. The maximum Gasteiger partial charge on any atom is 0.255 e. The summed E-state index contributed by atoms with van der Waals surface area (Å²) in [7, 11) is 3.33. The third-order valence-corrected chi connectivity index (χ3v) is 18.7. The van der Waals surface area contributed by atoms with Crippen molar-refractivity contribution >= 4 is 105 Å². The number of carbonyl (C=O) groups is 3. The summed E-state index contributed by atoms with van der Waals surface area (Å²) in [5.41, 5.74) is 15.1. The van der Waals surface area contributed by atoms with E-state index in [1.165, 1.54) is 16.3 Å². The fourth-order valence-electron chi connectivity index (χ4n) is 15.6. The second-order valence-corrected chi connectivity index (χ2v) is 22.5. The van der Waals surface area contributed by atoms with E-state index >= 15 is 0 Å². The third kappa shape index (κ3) is 5.69. The molecule has 6 aliphatic rings. The van der Waals surface area contributed by atoms with Gasteiger partial charge in [0, 0.05) is 110 Å². The summed E-state index contributed by atoms with van der Waals surface area (Å²) in [5.74, 6) is 2.09. The molecule has 0 spiro atoms. The molecule has 18 rings (SSSR count). The van der Waals surface area contributed by atoms with Crippen LogP contribution in [0.2, 0.25) is 0 Å². The maximum absolute atomic E-state index is 14.3. The van der Waals surface area contributed by atoms with Crippen molar-refractivity contribution in [1.82, 2.24) is 28.1 Å². The average molecular weight is 1030 g/mol. The Morgan fingerprint density at radius 1 is 0.462 bits per heavy atom. The lowest BCUT2D eigenvalue weighted by atomic mass is 9.97. The van der Waals surface area contributed by atoms with Gasteiger partial charge in [0.1, 0.15) is 11.5 Å². The number of hydrogen-bond donors (Lipinski definition) is 1. The monoisotopic (exact) mass is 1020 g/mol. The van der Waals surface area contributed by atoms with Crippen molar-refractivity contribution < 1.29 is 29.0 Å². The summed E-state index contributed by atoms with van der Waals surface area (Å²) in [6, 6.07) is 49.9. The number of fused-ring (bicyclic) bond motifs is 26. The second kappa shape index (κ2) is 15.9. The van der Waals surface area contributed by atoms with Gasteiger partial charge in [0.05, 0.1) is 65.6 Å². The molecule has 382 valence electrons. The molecular formula is C66H52N6O6. The lowest BCUT2D eigenvalue weighted by molar-refractivity contribution is -0.120. The van der Waals surface area contributed by atoms with Gasteiger partial charge in [-0.15, -0.1) is 0 Å². The highest BCUT2D eigenvalue weighted by molar-refractivity contribution is 6.33. The van der Waals surface area contributed by atoms with E-state index in [2.05, 4.69) is 115 Å². The number of para-hydroxylation sites is 4. The highest BCUT2D eigenvalue weighted by atomic mass is 16.5. The van der Waals surface area contributed by atoms with Crippen molar-refractivity contribution in [2.24, 2.45) is 0 Å². The fourth-order valence-corrected chi connectivity index (χ4v) is 15.6. The van der Waals surface area contributed by atoms with Crippen molar-refractivity contribution in [3.63, 3.8) is 0 Å². The number of benzene rings is 8. The van der Waals surface area contributed by atoms with E-state index in [1.807, 2.05) is 58.3 Å². The van der Waals surface area contributed by atoms with Crippen molar-refractivity contribution in [2.45, 2.75) is 82.1 Å². The molecule has 4 bridgehead atoms. The molecule has 8 aromatic carbocycles. The number of Topliss-reactive ketones (excluding diaryl/α,β-unsaturated/α-hetero) is 1. The van der Waals surface area contributed by atoms with Crippen LogP contribution in [0.1, 0.15) is 92.8 Å². The van der Waals surface area contributed by atoms with Crippen LogP contribution in [0.3, 0.4) is 0 Å². The summed E-state index contributed by atoms with van der Waals surface area (Å²) < 4.78 is 20.2. The van der Waals surface area contributed by atoms with E-state index < -0.39 is 6.10 Å². The number of ether oxygens (including phenoxy) is 2. The van der Waals surface area contributed by atoms with Gasteiger partial charge in [-0.2, -0.15) is 0 Å². The van der Waals surface area contributed by atoms with Crippen LogP contribution in [0.5, 0.6) is 11.5 Å². The zero-order chi connectivity index (χ0) is 52.0. The first-order valence-electron chi connectivity index (χ1n) is 27.3. The van der Waals surface area contributed by atoms with Crippen LogP contribution in [0, 0.1) is 0 Å². The number of methoxy groups -OCH3 is 2. The van der Waals surface area contributed by atoms with Gasteiger partial charge >= 0.3 is 0 Å². The molecule has 0 unspecified atom stereocenters. The van der Waals surface area contributed by atoms with Crippen molar-refractivity contribution in [2.75, 3.05) is 14.2 Å². The van der Waals surface area contributed by atoms with Gasteiger partial charge in [0.15, 0.2) is 5.78 Å². The number of hydrogen-bond acceptors (Lipinski definition) is 6. The molecule has 4 aromatic heterocycles. The van der Waals surface area contributed by atoms with Gasteiger partial charge in [-0.05, 0) is 90.0 Å². The first kappa shape index (κ1) is 44.3. The first-order chi connectivity index (χ1) is 38.3. The summed E-state index contributed by atoms with van der Waals surface area (Å²) in [5, 5.41) is 20.2. The largest absolute Gasteiger partial charge is 0.497 e. The number of aliphatic hydroxyl groups is 1. The van der Waals surface area contributed by atoms with Gasteiger partial charge in [-0.1, -0.05) is 97.1 Å². The normalized spacial score (nSPS) is 20.7. The van der Waals surface area contributed by atoms with E-state index in [0.717, 1.165) is 135 Å². The van der Waals surface area contributed by atoms with Crippen molar-refractivity contribution in [3.05, 3.63) is 179 Å². The standard InChI is InChI=1S/C33H27N3O3.C33H25N3O3/c2*1-39-20-12-10-18(11-13-20)16-34-17-23-28-21-6-2-5-9-25(21)36-26-14-19(15-27(26)37)35-24-8-4-3-7-22(24)29(30(23)33(34)38)32(35)31(28)36/h2-13,19,26-27,37H,14-17H2,1H3;2-13,19,26H,14-17H2,1H3/t19-,26+,27+;19-,26+/m00/s1. The molecule has 2 fully saturated rings. The maximum atomic E-state index is 14.3. The number of aliphatic hydroxyl groups excluding tert-OH is 1. The zero-order valence-electron chi connectivity index (χ0n) is 43.1. The highest BCUT2D eigenvalue weighted by Crippen LogP contribution is 2.56. The Morgan fingerprint density at radius 2 is 0.872 bits per heavy atom. The second-order valence-electron chi connectivity index (χ2n) is 22.5. The molecule has 12 nitrogen and oxygen atoms in total. The lowest BCUT2D eigenvalue weighted by Gasteiger charge is -2.20. The molecule has 78 heavy (non-hydrogen) atoms. The topological polar surface area (TPSA) is 116 Å². The molecular weight excluding hydrogens is 973 g/mol. The Hall–Kier alpha value is -8.87. The molecule has 8 heterocycles. The molecule has 2 saturated carbocycles. The Kier molecular flexibility index (Phi) is 9.00. The summed E-state index contributed by atoms with van der Waals surface area (Å²) in [4.78, 5) is 46.1. The van der Waals surface area contributed by atoms with Crippen LogP contribution in [0.15, 0.2) is 146 Å². The van der Waals surface area contributed by atoms with Gasteiger partial charge < -0.3 is 42.6 Å². The fraction of sp³-hybridized carbons (Fsp3) is 0.227. The van der Waals surface area contributed by atoms with Crippen LogP contribution >= 0.6 is 0 Å². The summed E-state index contributed by atoms with van der Waals surface area (Å²) in [6.45, 7) is 2.18. The van der Waals surface area contributed by atoms with E-state index in [9.17, 15) is 19.5 Å². The minimum absolute atomic E-state index is 0.0184. The minimum Gasteiger partial charge on any atom is -0.497 e. The number of rotatable bonds is 6. The van der Waals surface area contributed by atoms with Crippen molar-refractivity contribution in [1.29, 1.82) is 0 Å². The molecule has 0 saturated heterocycles. The number of ketones is 1. The highest BCUT2D eigenvalue weighted by Gasteiger charge is 2.46. The molecule has 4 aliphatic heterocycles. The van der Waals surface area contributed by atoms with Crippen LogP contribution in [-0.4, -0.2) is 71.1 Å². The Morgan fingerprint density at radius 3 is 1.36 bits per heavy atom. The first-order valence-corrected chi connectivity index (χ1v) is 27.3. The quantitative estimate of drug-likeness (QED) is 0.177. The molecule has 0 radical (unpaired) electrons. The van der Waals surface area contributed by atoms with Crippen LogP contribution in [0.25, 0.3) is 87.2 Å². The van der Waals surface area contributed by atoms with E-state index in [-0.39, 0.29) is 36.0 Å². The minimum atomic E-state index is -0.403. The van der Waals surface area contributed by atoms with Crippen LogP contribution < -0.4 is 9.47 Å². The van der Waals surface area contributed by atoms with E-state index in [0.29, 0.717) is 38.4 Å². The van der Waals surface area contributed by atoms with Gasteiger partial charge in [-0.3, -0.25) is 14.4 Å². The molecule has 1 N–H and O–H groups in total. The Balaban J connectivity index is 0.000000126. The number of aromatic nitrogens is 4. The summed E-state index contributed by atoms with van der Waals surface area (Å²) in [6.07, 6.45) is 2.53. The Labute approximate surface area is 446 Å². The number of carbonyl (C=O) groups excluding carboxylic acids is 3. The zero-order valence-corrected chi connectivity index (χ0v) is 43.1. The SMILES string of the molecule is COc1ccc(CN2Cc3c(c4c5ccccc5n5c4c4c3c3ccccc3n4[C@@H]3C[C@H]5CC3=O)C2=O)cc1.COc1ccc(CN2Cc3c(c4c5ccccc5n5c4c4c3c3ccccc3n4[C@@H]3C[C@H]5C[C@H]3O)C2=O)cc1. The number of amides is 2. The van der Waals surface area contributed by atoms with Crippen LogP contribution in [-0.2, 0) is 31.0 Å². The predicted octanol–water partition coefficient (Wildman–Crippen LogP) is 12.8. The predicted molar refractivity (Wildman–Crippen MR) is 304 cm³/mol. The van der Waals surface area contributed by atoms with Gasteiger partial charge in [-0.25, -0.2) is 0 Å². The smallest absolute Gasteiger partial charge is 0.255 e. The third-order valence-electron chi connectivity index (χ3n) is 18.7. The Bertz CT molecular complexity index is 4670. The van der Waals surface area contributed by atoms with Gasteiger partial charge in [0.2, 0.25) is 0 Å². The molecule has 2 amide bonds. The molecule has 2 aliphatic carbocycles.